The minimum absolute atomic E-state index is 0.268. The summed E-state index contributed by atoms with van der Waals surface area (Å²) in [5.74, 6) is 0.927. The average molecular weight is 496 g/mol. The second kappa shape index (κ2) is 10.7. The zero-order valence-corrected chi connectivity index (χ0v) is 20.2. The van der Waals surface area contributed by atoms with E-state index in [4.69, 9.17) is 11.6 Å². The summed E-state index contributed by atoms with van der Waals surface area (Å²) in [6.07, 6.45) is 0. The third-order valence-electron chi connectivity index (χ3n) is 5.07. The Balaban J connectivity index is 1.55. The van der Waals surface area contributed by atoms with Crippen LogP contribution in [0.1, 0.15) is 29.9 Å². The summed E-state index contributed by atoms with van der Waals surface area (Å²) in [4.78, 5) is 12.6. The topological polar surface area (TPSA) is 71.8 Å². The third-order valence-corrected chi connectivity index (χ3v) is 6.32. The van der Waals surface area contributed by atoms with Gasteiger partial charge < -0.3 is 10.6 Å². The molecule has 1 aromatic heterocycles. The fourth-order valence-corrected chi connectivity index (χ4v) is 4.32. The van der Waals surface area contributed by atoms with Crippen molar-refractivity contribution in [1.82, 2.24) is 20.1 Å². The molecule has 0 bridgehead atoms. The highest BCUT2D eigenvalue weighted by atomic mass is 35.5. The van der Waals surface area contributed by atoms with Crippen molar-refractivity contribution in [3.63, 3.8) is 0 Å². The highest BCUT2D eigenvalue weighted by Crippen LogP contribution is 2.28. The van der Waals surface area contributed by atoms with E-state index in [-0.39, 0.29) is 11.8 Å². The largest absolute Gasteiger partial charge is 0.328 e. The quantitative estimate of drug-likeness (QED) is 0.285. The van der Waals surface area contributed by atoms with E-state index >= 15 is 0 Å². The molecule has 6 nitrogen and oxygen atoms in total. The van der Waals surface area contributed by atoms with Crippen molar-refractivity contribution in [2.45, 2.75) is 30.8 Å². The van der Waals surface area contributed by atoms with Gasteiger partial charge in [0.1, 0.15) is 5.82 Å². The lowest BCUT2D eigenvalue weighted by Gasteiger charge is -2.17. The molecule has 0 radical (unpaired) electrons. The Kier molecular flexibility index (Phi) is 7.49. The summed E-state index contributed by atoms with van der Waals surface area (Å²) < 4.78 is 15.2. The van der Waals surface area contributed by atoms with Crippen LogP contribution in [0, 0.1) is 12.7 Å². The maximum absolute atomic E-state index is 13.2. The fraction of sp³-hybridized carbons (Fsp3) is 0.160. The number of carbonyl (C=O) groups is 1. The van der Waals surface area contributed by atoms with E-state index in [0.29, 0.717) is 27.4 Å². The number of hydrogen-bond acceptors (Lipinski definition) is 4. The molecule has 1 heterocycles. The number of thioether (sulfide) groups is 1. The molecule has 0 aliphatic carbocycles. The summed E-state index contributed by atoms with van der Waals surface area (Å²) in [6, 6.07) is 20.5. The molecule has 0 aliphatic rings. The van der Waals surface area contributed by atoms with Crippen molar-refractivity contribution >= 4 is 35.1 Å². The molecule has 1 unspecified atom stereocenters. The van der Waals surface area contributed by atoms with Crippen molar-refractivity contribution in [3.05, 3.63) is 101 Å². The molecule has 0 spiro atoms. The summed E-state index contributed by atoms with van der Waals surface area (Å²) in [6.45, 7) is 3.87. The van der Waals surface area contributed by atoms with E-state index in [2.05, 4.69) is 20.8 Å². The molecule has 2 amide bonds. The molecule has 34 heavy (non-hydrogen) atoms. The van der Waals surface area contributed by atoms with Gasteiger partial charge in [-0.2, -0.15) is 0 Å². The van der Waals surface area contributed by atoms with Gasteiger partial charge in [-0.1, -0.05) is 53.2 Å². The molecule has 1 atom stereocenters. The average Bonchev–Trinajstić information content (AvgIpc) is 3.25. The number of rotatable bonds is 7. The van der Waals surface area contributed by atoms with Gasteiger partial charge in [-0.15, -0.1) is 10.2 Å². The van der Waals surface area contributed by atoms with Crippen LogP contribution in [0.15, 0.2) is 78.0 Å². The Hall–Kier alpha value is -3.36. The Morgan fingerprint density at radius 2 is 1.71 bits per heavy atom. The van der Waals surface area contributed by atoms with E-state index in [9.17, 15) is 9.18 Å². The number of benzene rings is 3. The second-order valence-electron chi connectivity index (χ2n) is 7.75. The number of urea groups is 1. The molecule has 0 aliphatic heterocycles. The molecule has 9 heteroatoms. The van der Waals surface area contributed by atoms with Crippen LogP contribution in [-0.2, 0) is 5.75 Å². The highest BCUT2D eigenvalue weighted by molar-refractivity contribution is 7.98. The van der Waals surface area contributed by atoms with Crippen LogP contribution in [0.4, 0.5) is 14.9 Å². The molecule has 2 N–H and O–H groups in total. The zero-order valence-electron chi connectivity index (χ0n) is 18.6. The Morgan fingerprint density at radius 1 is 1.03 bits per heavy atom. The number of carbonyl (C=O) groups excluding carboxylic acids is 1. The molecular weight excluding hydrogens is 473 g/mol. The Bertz CT molecular complexity index is 1260. The van der Waals surface area contributed by atoms with Crippen molar-refractivity contribution in [2.75, 3.05) is 5.32 Å². The summed E-state index contributed by atoms with van der Waals surface area (Å²) >= 11 is 7.40. The zero-order chi connectivity index (χ0) is 24.1. The Morgan fingerprint density at radius 3 is 2.38 bits per heavy atom. The number of anilines is 1. The monoisotopic (exact) mass is 495 g/mol. The SMILES string of the molecule is Cc1ccc(-n2c(SCc3ccc(F)cc3)nnc2C(C)NC(=O)Nc2ccc(Cl)cc2)cc1. The predicted octanol–water partition coefficient (Wildman–Crippen LogP) is 6.54. The molecule has 3 aromatic carbocycles. The fourth-order valence-electron chi connectivity index (χ4n) is 3.28. The maximum Gasteiger partial charge on any atom is 0.319 e. The number of amides is 2. The lowest BCUT2D eigenvalue weighted by atomic mass is 10.2. The Labute approximate surface area is 206 Å². The normalized spacial score (nSPS) is 11.8. The van der Waals surface area contributed by atoms with Crippen molar-refractivity contribution < 1.29 is 9.18 Å². The molecule has 0 saturated carbocycles. The lowest BCUT2D eigenvalue weighted by Crippen LogP contribution is -2.32. The van der Waals surface area contributed by atoms with Crippen LogP contribution < -0.4 is 10.6 Å². The number of nitrogens with zero attached hydrogens (tertiary/aromatic N) is 3. The van der Waals surface area contributed by atoms with Crippen molar-refractivity contribution in [1.29, 1.82) is 0 Å². The van der Waals surface area contributed by atoms with E-state index in [1.165, 1.54) is 23.9 Å². The second-order valence-corrected chi connectivity index (χ2v) is 9.13. The van der Waals surface area contributed by atoms with Gasteiger partial charge in [-0.05, 0) is 67.9 Å². The van der Waals surface area contributed by atoms with Crippen molar-refractivity contribution in [2.24, 2.45) is 0 Å². The first-order chi connectivity index (χ1) is 16.4. The lowest BCUT2D eigenvalue weighted by molar-refractivity contribution is 0.249. The van der Waals surface area contributed by atoms with E-state index in [0.717, 1.165) is 16.8 Å². The van der Waals surface area contributed by atoms with E-state index in [1.54, 1.807) is 36.4 Å². The minimum atomic E-state index is -0.429. The van der Waals surface area contributed by atoms with Gasteiger partial charge in [0, 0.05) is 22.2 Å². The molecular formula is C25H23ClFN5OS. The predicted molar refractivity (Wildman–Crippen MR) is 134 cm³/mol. The van der Waals surface area contributed by atoms with E-state index in [1.807, 2.05) is 42.7 Å². The van der Waals surface area contributed by atoms with Gasteiger partial charge >= 0.3 is 6.03 Å². The van der Waals surface area contributed by atoms with Gasteiger partial charge in [0.25, 0.3) is 0 Å². The maximum atomic E-state index is 13.2. The number of aromatic nitrogens is 3. The van der Waals surface area contributed by atoms with Crippen LogP contribution in [0.25, 0.3) is 5.69 Å². The summed E-state index contributed by atoms with van der Waals surface area (Å²) in [5, 5.41) is 15.7. The van der Waals surface area contributed by atoms with Crippen LogP contribution >= 0.6 is 23.4 Å². The van der Waals surface area contributed by atoms with Gasteiger partial charge in [0.2, 0.25) is 0 Å². The van der Waals surface area contributed by atoms with Gasteiger partial charge in [0.05, 0.1) is 6.04 Å². The van der Waals surface area contributed by atoms with Crippen LogP contribution in [0.5, 0.6) is 0 Å². The highest BCUT2D eigenvalue weighted by Gasteiger charge is 2.21. The molecule has 0 saturated heterocycles. The standard InChI is InChI=1S/C25H23ClFN5OS/c1-16-3-13-22(14-4-16)32-23(17(2)28-24(33)29-21-11-7-19(26)8-12-21)30-31-25(32)34-15-18-5-9-20(27)10-6-18/h3-14,17H,15H2,1-2H3,(H2,28,29,33). The number of halogens is 2. The molecule has 4 rings (SSSR count). The first kappa shape index (κ1) is 23.8. The van der Waals surface area contributed by atoms with Crippen LogP contribution in [0.2, 0.25) is 5.02 Å². The van der Waals surface area contributed by atoms with Gasteiger partial charge in [-0.3, -0.25) is 4.57 Å². The van der Waals surface area contributed by atoms with Gasteiger partial charge in [-0.25, -0.2) is 9.18 Å². The van der Waals surface area contributed by atoms with Crippen LogP contribution in [0.3, 0.4) is 0 Å². The minimum Gasteiger partial charge on any atom is -0.328 e. The first-order valence-electron chi connectivity index (χ1n) is 10.6. The molecule has 4 aromatic rings. The third kappa shape index (κ3) is 5.95. The number of aryl methyl sites for hydroxylation is 1. The first-order valence-corrected chi connectivity index (χ1v) is 12.0. The van der Waals surface area contributed by atoms with Crippen LogP contribution in [-0.4, -0.2) is 20.8 Å². The molecule has 0 fully saturated rings. The number of nitrogens with one attached hydrogen (secondary N) is 2. The van der Waals surface area contributed by atoms with Crippen molar-refractivity contribution in [3.8, 4) is 5.69 Å². The summed E-state index contributed by atoms with van der Waals surface area (Å²) in [7, 11) is 0. The summed E-state index contributed by atoms with van der Waals surface area (Å²) in [5.41, 5.74) is 3.62. The van der Waals surface area contributed by atoms with Gasteiger partial charge in [0.15, 0.2) is 11.0 Å². The van der Waals surface area contributed by atoms with E-state index < -0.39 is 6.04 Å². The number of hydrogen-bond donors (Lipinski definition) is 2. The smallest absolute Gasteiger partial charge is 0.319 e. The molecule has 174 valence electrons.